The number of carbonyl (C=O) groups is 1. The van der Waals surface area contributed by atoms with E-state index < -0.39 is 0 Å². The Hall–Kier alpha value is -3.45. The van der Waals surface area contributed by atoms with Crippen molar-refractivity contribution < 1.29 is 9.53 Å². The molecular formula is C25H25N3O3S. The van der Waals surface area contributed by atoms with E-state index in [2.05, 4.69) is 21.4 Å². The van der Waals surface area contributed by atoms with Crippen LogP contribution in [0.5, 0.6) is 5.75 Å². The second kappa shape index (κ2) is 9.36. The highest BCUT2D eigenvalue weighted by Gasteiger charge is 2.19. The summed E-state index contributed by atoms with van der Waals surface area (Å²) in [5.41, 5.74) is 3.74. The first-order chi connectivity index (χ1) is 15.4. The Morgan fingerprint density at radius 3 is 2.66 bits per heavy atom. The molecule has 0 bridgehead atoms. The fourth-order valence-electron chi connectivity index (χ4n) is 3.65. The number of carbonyl (C=O) groups excluding carboxylic acids is 1. The van der Waals surface area contributed by atoms with Crippen LogP contribution in [0.15, 0.2) is 53.3 Å². The highest BCUT2D eigenvalue weighted by molar-refractivity contribution is 7.20. The Morgan fingerprint density at radius 2 is 1.91 bits per heavy atom. The van der Waals surface area contributed by atoms with Gasteiger partial charge in [0.25, 0.3) is 11.5 Å². The number of aryl methyl sites for hydroxylation is 3. The van der Waals surface area contributed by atoms with Crippen LogP contribution in [0.25, 0.3) is 10.2 Å². The first-order valence-corrected chi connectivity index (χ1v) is 11.3. The van der Waals surface area contributed by atoms with Gasteiger partial charge in [-0.2, -0.15) is 0 Å². The molecule has 4 aromatic rings. The first-order valence-electron chi connectivity index (χ1n) is 10.5. The van der Waals surface area contributed by atoms with Gasteiger partial charge >= 0.3 is 0 Å². The van der Waals surface area contributed by atoms with Gasteiger partial charge in [-0.05, 0) is 43.5 Å². The van der Waals surface area contributed by atoms with Crippen LogP contribution in [0, 0.1) is 20.8 Å². The van der Waals surface area contributed by atoms with Gasteiger partial charge < -0.3 is 15.0 Å². The van der Waals surface area contributed by atoms with Crippen molar-refractivity contribution in [1.29, 1.82) is 0 Å². The molecule has 0 aliphatic heterocycles. The van der Waals surface area contributed by atoms with Crippen molar-refractivity contribution in [3.05, 3.63) is 91.8 Å². The molecule has 0 spiro atoms. The van der Waals surface area contributed by atoms with E-state index in [9.17, 15) is 9.59 Å². The maximum absolute atomic E-state index is 12.7. The molecule has 0 saturated heterocycles. The van der Waals surface area contributed by atoms with Crippen LogP contribution in [0.2, 0.25) is 0 Å². The standard InChI is InChI=1S/C25H25N3O3S/c1-15-9-10-19(16(2)13-15)31-12-11-26-24(30)22-17(3)21-23(29)27-20(28-25(21)32-22)14-18-7-5-4-6-8-18/h4-10,13H,11-12,14H2,1-3H3,(H,26,30)(H,27,28,29). The maximum atomic E-state index is 12.7. The van der Waals surface area contributed by atoms with Gasteiger partial charge in [0.15, 0.2) is 0 Å². The molecule has 2 N–H and O–H groups in total. The Bertz CT molecular complexity index is 1330. The Balaban J connectivity index is 1.45. The number of amides is 1. The Kier molecular flexibility index (Phi) is 6.37. The third-order valence-electron chi connectivity index (χ3n) is 5.25. The van der Waals surface area contributed by atoms with Crippen LogP contribution < -0.4 is 15.6 Å². The minimum absolute atomic E-state index is 0.216. The molecule has 2 aromatic carbocycles. The number of ether oxygens (including phenoxy) is 1. The molecule has 0 unspecified atom stereocenters. The minimum Gasteiger partial charge on any atom is -0.491 e. The van der Waals surface area contributed by atoms with Crippen LogP contribution in [0.3, 0.4) is 0 Å². The van der Waals surface area contributed by atoms with E-state index in [1.807, 2.05) is 56.3 Å². The maximum Gasteiger partial charge on any atom is 0.261 e. The summed E-state index contributed by atoms with van der Waals surface area (Å²) in [6, 6.07) is 15.8. The zero-order valence-corrected chi connectivity index (χ0v) is 19.1. The summed E-state index contributed by atoms with van der Waals surface area (Å²) < 4.78 is 5.78. The number of benzene rings is 2. The van der Waals surface area contributed by atoms with Crippen molar-refractivity contribution in [2.24, 2.45) is 0 Å². The van der Waals surface area contributed by atoms with E-state index in [1.54, 1.807) is 6.92 Å². The fraction of sp³-hybridized carbons (Fsp3) is 0.240. The van der Waals surface area contributed by atoms with E-state index in [1.165, 1.54) is 16.9 Å². The summed E-state index contributed by atoms with van der Waals surface area (Å²) in [6.07, 6.45) is 0.528. The van der Waals surface area contributed by atoms with E-state index >= 15 is 0 Å². The summed E-state index contributed by atoms with van der Waals surface area (Å²) in [7, 11) is 0. The SMILES string of the molecule is Cc1ccc(OCCNC(=O)c2sc3nc(Cc4ccccc4)[nH]c(=O)c3c2C)c(C)c1. The number of hydrogen-bond donors (Lipinski definition) is 2. The monoisotopic (exact) mass is 447 g/mol. The topological polar surface area (TPSA) is 84.1 Å². The first kappa shape index (κ1) is 21.8. The average molecular weight is 448 g/mol. The number of aromatic nitrogens is 2. The molecule has 7 heteroatoms. The van der Waals surface area contributed by atoms with Gasteiger partial charge in [0.05, 0.1) is 16.8 Å². The molecule has 0 radical (unpaired) electrons. The summed E-state index contributed by atoms with van der Waals surface area (Å²) >= 11 is 1.25. The fourth-order valence-corrected chi connectivity index (χ4v) is 4.76. The van der Waals surface area contributed by atoms with Gasteiger partial charge in [-0.25, -0.2) is 4.98 Å². The molecule has 0 fully saturated rings. The zero-order valence-electron chi connectivity index (χ0n) is 18.3. The molecular weight excluding hydrogens is 422 g/mol. The largest absolute Gasteiger partial charge is 0.491 e. The Morgan fingerprint density at radius 1 is 1.12 bits per heavy atom. The number of rotatable bonds is 7. The molecule has 1 amide bonds. The lowest BCUT2D eigenvalue weighted by molar-refractivity contribution is 0.0950. The smallest absolute Gasteiger partial charge is 0.261 e. The van der Waals surface area contributed by atoms with Crippen LogP contribution in [0.4, 0.5) is 0 Å². The predicted molar refractivity (Wildman–Crippen MR) is 128 cm³/mol. The van der Waals surface area contributed by atoms with Gasteiger partial charge in [-0.3, -0.25) is 9.59 Å². The lowest BCUT2D eigenvalue weighted by atomic mass is 10.1. The molecule has 0 aliphatic rings. The van der Waals surface area contributed by atoms with E-state index in [4.69, 9.17) is 4.74 Å². The van der Waals surface area contributed by atoms with Crippen molar-refractivity contribution in [1.82, 2.24) is 15.3 Å². The van der Waals surface area contributed by atoms with Crippen molar-refractivity contribution in [3.8, 4) is 5.75 Å². The normalized spacial score (nSPS) is 11.0. The summed E-state index contributed by atoms with van der Waals surface area (Å²) in [6.45, 7) is 6.54. The molecule has 32 heavy (non-hydrogen) atoms. The molecule has 2 aromatic heterocycles. The average Bonchev–Trinajstić information content (AvgIpc) is 3.10. The number of aromatic amines is 1. The number of H-pyrrole nitrogens is 1. The molecule has 4 rings (SSSR count). The Labute approximate surface area is 190 Å². The summed E-state index contributed by atoms with van der Waals surface area (Å²) in [5, 5.41) is 3.36. The number of nitrogens with zero attached hydrogens (tertiary/aromatic N) is 1. The lowest BCUT2D eigenvalue weighted by Crippen LogP contribution is -2.28. The van der Waals surface area contributed by atoms with Crippen LogP contribution >= 0.6 is 11.3 Å². The second-order valence-corrected chi connectivity index (χ2v) is 8.78. The van der Waals surface area contributed by atoms with E-state index in [-0.39, 0.29) is 11.5 Å². The van der Waals surface area contributed by atoms with Crippen LogP contribution in [0.1, 0.15) is 37.7 Å². The quantitative estimate of drug-likeness (QED) is 0.414. The number of nitrogens with one attached hydrogen (secondary N) is 2. The second-order valence-electron chi connectivity index (χ2n) is 7.78. The van der Waals surface area contributed by atoms with Crippen molar-refractivity contribution in [2.75, 3.05) is 13.2 Å². The van der Waals surface area contributed by atoms with Crippen molar-refractivity contribution in [3.63, 3.8) is 0 Å². The third-order valence-corrected chi connectivity index (χ3v) is 6.43. The van der Waals surface area contributed by atoms with E-state index in [0.717, 1.165) is 16.9 Å². The lowest BCUT2D eigenvalue weighted by Gasteiger charge is -2.10. The number of fused-ring (bicyclic) bond motifs is 1. The highest BCUT2D eigenvalue weighted by Crippen LogP contribution is 2.27. The summed E-state index contributed by atoms with van der Waals surface area (Å²) in [4.78, 5) is 34.0. The van der Waals surface area contributed by atoms with Crippen molar-refractivity contribution in [2.45, 2.75) is 27.2 Å². The van der Waals surface area contributed by atoms with Gasteiger partial charge in [0, 0.05) is 6.42 Å². The van der Waals surface area contributed by atoms with Gasteiger partial charge in [-0.15, -0.1) is 11.3 Å². The van der Waals surface area contributed by atoms with Crippen LogP contribution in [-0.4, -0.2) is 29.0 Å². The highest BCUT2D eigenvalue weighted by atomic mass is 32.1. The number of hydrogen-bond acceptors (Lipinski definition) is 5. The molecule has 0 aliphatic carbocycles. The van der Waals surface area contributed by atoms with Gasteiger partial charge in [-0.1, -0.05) is 48.0 Å². The van der Waals surface area contributed by atoms with Gasteiger partial charge in [0.2, 0.25) is 0 Å². The molecule has 164 valence electrons. The molecule has 6 nitrogen and oxygen atoms in total. The minimum atomic E-state index is -0.223. The van der Waals surface area contributed by atoms with Crippen molar-refractivity contribution >= 4 is 27.5 Å². The molecule has 2 heterocycles. The zero-order chi connectivity index (χ0) is 22.7. The number of thiophene rings is 1. The molecule has 0 saturated carbocycles. The van der Waals surface area contributed by atoms with Crippen LogP contribution in [-0.2, 0) is 6.42 Å². The van der Waals surface area contributed by atoms with Gasteiger partial charge in [0.1, 0.15) is 23.0 Å². The third kappa shape index (κ3) is 4.73. The summed E-state index contributed by atoms with van der Waals surface area (Å²) in [5.74, 6) is 1.17. The van der Waals surface area contributed by atoms with E-state index in [0.29, 0.717) is 46.1 Å². The molecule has 0 atom stereocenters. The predicted octanol–water partition coefficient (Wildman–Crippen LogP) is 4.31.